The van der Waals surface area contributed by atoms with E-state index in [1.165, 1.54) is 0 Å². The monoisotopic (exact) mass is 237 g/mol. The molecular weight excluding hydrogens is 220 g/mol. The van der Waals surface area contributed by atoms with Crippen molar-refractivity contribution in [3.8, 4) is 0 Å². The number of carboxylic acid groups (broad SMARTS) is 1. The van der Waals surface area contributed by atoms with Gasteiger partial charge in [0, 0.05) is 18.9 Å². The Hall–Kier alpha value is -0.910. The van der Waals surface area contributed by atoms with Gasteiger partial charge in [-0.2, -0.15) is 0 Å². The molecule has 94 valence electrons. The van der Waals surface area contributed by atoms with Crippen LogP contribution >= 0.6 is 0 Å². The fourth-order valence-corrected chi connectivity index (χ4v) is 2.10. The molecule has 1 fully saturated rings. The number of nitrogens with zero attached hydrogens (tertiary/aromatic N) is 1. The largest absolute Gasteiger partial charge is 0.465 e. The zero-order valence-corrected chi connectivity index (χ0v) is 9.20. The Morgan fingerprint density at radius 1 is 1.50 bits per heavy atom. The molecule has 0 aliphatic heterocycles. The maximum Gasteiger partial charge on any atom is 0.407 e. The first-order chi connectivity index (χ1) is 7.37. The van der Waals surface area contributed by atoms with Crippen molar-refractivity contribution >= 4 is 6.09 Å². The standard InChI is InChI=1S/C10H17F2NO3/c1-7(6-14)13(9(15)16)8-2-4-10(11,12)5-3-8/h7-8,14H,2-6H2,1H3,(H,15,16). The molecule has 16 heavy (non-hydrogen) atoms. The van der Waals surface area contributed by atoms with E-state index < -0.39 is 24.1 Å². The number of carbonyl (C=O) groups is 1. The molecule has 0 saturated heterocycles. The third-order valence-electron chi connectivity index (χ3n) is 3.04. The van der Waals surface area contributed by atoms with E-state index in [-0.39, 0.29) is 32.3 Å². The van der Waals surface area contributed by atoms with E-state index in [1.807, 2.05) is 0 Å². The van der Waals surface area contributed by atoms with Gasteiger partial charge in [0.15, 0.2) is 0 Å². The highest BCUT2D eigenvalue weighted by Crippen LogP contribution is 2.35. The van der Waals surface area contributed by atoms with Gasteiger partial charge in [-0.25, -0.2) is 13.6 Å². The fourth-order valence-electron chi connectivity index (χ4n) is 2.10. The molecule has 0 spiro atoms. The maximum atomic E-state index is 12.9. The van der Waals surface area contributed by atoms with Gasteiger partial charge in [-0.3, -0.25) is 0 Å². The van der Waals surface area contributed by atoms with E-state index >= 15 is 0 Å². The van der Waals surface area contributed by atoms with E-state index in [0.717, 1.165) is 4.90 Å². The van der Waals surface area contributed by atoms with Crippen molar-refractivity contribution in [2.75, 3.05) is 6.61 Å². The zero-order valence-electron chi connectivity index (χ0n) is 9.20. The van der Waals surface area contributed by atoms with Gasteiger partial charge in [-0.15, -0.1) is 0 Å². The van der Waals surface area contributed by atoms with Gasteiger partial charge < -0.3 is 15.1 Å². The number of hydrogen-bond acceptors (Lipinski definition) is 2. The first kappa shape index (κ1) is 13.2. The van der Waals surface area contributed by atoms with Crippen LogP contribution in [-0.4, -0.2) is 45.8 Å². The summed E-state index contributed by atoms with van der Waals surface area (Å²) in [5.41, 5.74) is 0. The summed E-state index contributed by atoms with van der Waals surface area (Å²) >= 11 is 0. The maximum absolute atomic E-state index is 12.9. The predicted molar refractivity (Wildman–Crippen MR) is 53.6 cm³/mol. The lowest BCUT2D eigenvalue weighted by molar-refractivity contribution is -0.0566. The van der Waals surface area contributed by atoms with Crippen LogP contribution in [0.1, 0.15) is 32.6 Å². The zero-order chi connectivity index (χ0) is 12.3. The normalized spacial score (nSPS) is 22.8. The van der Waals surface area contributed by atoms with Crippen molar-refractivity contribution in [1.29, 1.82) is 0 Å². The summed E-state index contributed by atoms with van der Waals surface area (Å²) in [6, 6.07) is -0.950. The molecule has 0 radical (unpaired) electrons. The third kappa shape index (κ3) is 3.04. The third-order valence-corrected chi connectivity index (χ3v) is 3.04. The highest BCUT2D eigenvalue weighted by molar-refractivity contribution is 5.65. The molecule has 1 amide bonds. The quantitative estimate of drug-likeness (QED) is 0.788. The molecule has 0 aromatic carbocycles. The molecule has 1 rings (SSSR count). The second-order valence-electron chi connectivity index (χ2n) is 4.31. The number of rotatable bonds is 3. The highest BCUT2D eigenvalue weighted by atomic mass is 19.3. The molecular formula is C10H17F2NO3. The van der Waals surface area contributed by atoms with E-state index in [9.17, 15) is 13.6 Å². The average Bonchev–Trinajstić information content (AvgIpc) is 2.20. The van der Waals surface area contributed by atoms with Crippen molar-refractivity contribution in [3.63, 3.8) is 0 Å². The molecule has 4 nitrogen and oxygen atoms in total. The molecule has 0 aromatic heterocycles. The number of aliphatic hydroxyl groups is 1. The highest BCUT2D eigenvalue weighted by Gasteiger charge is 2.39. The number of aliphatic hydroxyl groups excluding tert-OH is 1. The summed E-state index contributed by atoms with van der Waals surface area (Å²) in [5.74, 6) is -2.66. The van der Waals surface area contributed by atoms with E-state index in [0.29, 0.717) is 0 Å². The Morgan fingerprint density at radius 3 is 2.38 bits per heavy atom. The summed E-state index contributed by atoms with van der Waals surface area (Å²) in [6.07, 6.45) is -1.40. The second-order valence-corrected chi connectivity index (χ2v) is 4.31. The summed E-state index contributed by atoms with van der Waals surface area (Å²) < 4.78 is 25.8. The molecule has 0 aromatic rings. The van der Waals surface area contributed by atoms with Gasteiger partial charge in [0.1, 0.15) is 0 Å². The van der Waals surface area contributed by atoms with Crippen LogP contribution in [0.2, 0.25) is 0 Å². The Morgan fingerprint density at radius 2 is 2.00 bits per heavy atom. The van der Waals surface area contributed by atoms with Crippen molar-refractivity contribution in [1.82, 2.24) is 4.90 Å². The van der Waals surface area contributed by atoms with Crippen LogP contribution < -0.4 is 0 Å². The molecule has 1 aliphatic rings. The predicted octanol–water partition coefficient (Wildman–Crippen LogP) is 1.93. The van der Waals surface area contributed by atoms with Crippen LogP contribution in [-0.2, 0) is 0 Å². The van der Waals surface area contributed by atoms with Crippen LogP contribution in [0.25, 0.3) is 0 Å². The minimum absolute atomic E-state index is 0.156. The van der Waals surface area contributed by atoms with E-state index in [4.69, 9.17) is 10.2 Å². The van der Waals surface area contributed by atoms with Crippen LogP contribution in [0, 0.1) is 0 Å². The fraction of sp³-hybridized carbons (Fsp3) is 0.900. The Labute approximate surface area is 92.9 Å². The average molecular weight is 237 g/mol. The number of halogens is 2. The van der Waals surface area contributed by atoms with E-state index in [2.05, 4.69) is 0 Å². The minimum atomic E-state index is -2.66. The van der Waals surface area contributed by atoms with Gasteiger partial charge in [0.05, 0.1) is 12.6 Å². The van der Waals surface area contributed by atoms with Crippen LogP contribution in [0.15, 0.2) is 0 Å². The van der Waals surface area contributed by atoms with Crippen molar-refractivity contribution in [3.05, 3.63) is 0 Å². The lowest BCUT2D eigenvalue weighted by Crippen LogP contribution is -2.49. The van der Waals surface area contributed by atoms with Crippen LogP contribution in [0.3, 0.4) is 0 Å². The molecule has 0 heterocycles. The Kier molecular flexibility index (Phi) is 4.07. The molecule has 1 unspecified atom stereocenters. The molecule has 0 bridgehead atoms. The van der Waals surface area contributed by atoms with Crippen molar-refractivity contribution in [2.45, 2.75) is 50.6 Å². The summed E-state index contributed by atoms with van der Waals surface area (Å²) in [7, 11) is 0. The summed E-state index contributed by atoms with van der Waals surface area (Å²) in [4.78, 5) is 12.1. The van der Waals surface area contributed by atoms with Crippen molar-refractivity contribution < 1.29 is 23.8 Å². The van der Waals surface area contributed by atoms with Crippen molar-refractivity contribution in [2.24, 2.45) is 0 Å². The molecule has 1 atom stereocenters. The number of alkyl halides is 2. The lowest BCUT2D eigenvalue weighted by atomic mass is 9.90. The van der Waals surface area contributed by atoms with Crippen LogP contribution in [0.5, 0.6) is 0 Å². The van der Waals surface area contributed by atoms with E-state index in [1.54, 1.807) is 6.92 Å². The Bertz CT molecular complexity index is 250. The van der Waals surface area contributed by atoms with Crippen LogP contribution in [0.4, 0.5) is 13.6 Å². The lowest BCUT2D eigenvalue weighted by Gasteiger charge is -2.37. The second kappa shape index (κ2) is 4.95. The first-order valence-electron chi connectivity index (χ1n) is 5.37. The number of amides is 1. The van der Waals surface area contributed by atoms with Gasteiger partial charge in [-0.1, -0.05) is 0 Å². The number of hydrogen-bond donors (Lipinski definition) is 2. The smallest absolute Gasteiger partial charge is 0.407 e. The SMILES string of the molecule is CC(CO)N(C(=O)O)C1CCC(F)(F)CC1. The topological polar surface area (TPSA) is 60.8 Å². The van der Waals surface area contributed by atoms with Gasteiger partial charge >= 0.3 is 6.09 Å². The molecule has 1 aliphatic carbocycles. The summed E-state index contributed by atoms with van der Waals surface area (Å²) in [5, 5.41) is 17.9. The van der Waals surface area contributed by atoms with Gasteiger partial charge in [0.25, 0.3) is 0 Å². The first-order valence-corrected chi connectivity index (χ1v) is 5.37. The van der Waals surface area contributed by atoms with Gasteiger partial charge in [0.2, 0.25) is 5.92 Å². The summed E-state index contributed by atoms with van der Waals surface area (Å²) in [6.45, 7) is 1.28. The molecule has 1 saturated carbocycles. The minimum Gasteiger partial charge on any atom is -0.465 e. The Balaban J connectivity index is 2.64. The van der Waals surface area contributed by atoms with Gasteiger partial charge in [-0.05, 0) is 19.8 Å². The molecule has 2 N–H and O–H groups in total. The molecule has 6 heteroatoms.